The summed E-state index contributed by atoms with van der Waals surface area (Å²) in [5, 5.41) is 8.74. The van der Waals surface area contributed by atoms with E-state index in [0.29, 0.717) is 63.5 Å². The van der Waals surface area contributed by atoms with Crippen LogP contribution in [-0.2, 0) is 57.5 Å². The van der Waals surface area contributed by atoms with E-state index in [4.69, 9.17) is 4.74 Å². The quantitative estimate of drug-likeness (QED) is 0.141. The minimum atomic E-state index is -5.18. The molecule has 1 spiro atoms. The second-order valence-corrected chi connectivity index (χ2v) is 33.1. The summed E-state index contributed by atoms with van der Waals surface area (Å²) in [7, 11) is 12.2. The molecule has 2 unspecified atom stereocenters. The molecular formula is C78H124F6N12O12. The van der Waals surface area contributed by atoms with Gasteiger partial charge in [0, 0.05) is 88.2 Å². The van der Waals surface area contributed by atoms with Crippen molar-refractivity contribution in [2.24, 2.45) is 35.5 Å². The molecule has 0 aromatic carbocycles. The number of fused-ring (bicyclic) bond motifs is 3. The second kappa shape index (κ2) is 38.5. The van der Waals surface area contributed by atoms with Crippen LogP contribution in [0.1, 0.15) is 207 Å². The molecule has 610 valence electrons. The van der Waals surface area contributed by atoms with Gasteiger partial charge in [-0.05, 0) is 146 Å². The minimum Gasteiger partial charge on any atom is -0.380 e. The van der Waals surface area contributed by atoms with Gasteiger partial charge in [0.05, 0.1) is 31.7 Å². The average Bonchev–Trinajstić information content (AvgIpc) is 1.23. The van der Waals surface area contributed by atoms with Gasteiger partial charge in [-0.25, -0.2) is 13.2 Å². The molecule has 0 aromatic heterocycles. The van der Waals surface area contributed by atoms with Gasteiger partial charge in [0.15, 0.2) is 0 Å². The van der Waals surface area contributed by atoms with E-state index in [2.05, 4.69) is 22.5 Å². The molecule has 8 rings (SSSR count). The third-order valence-corrected chi connectivity index (χ3v) is 25.5. The van der Waals surface area contributed by atoms with E-state index < -0.39 is 200 Å². The van der Waals surface area contributed by atoms with Crippen molar-refractivity contribution in [3.8, 4) is 0 Å². The topological polar surface area (TPSA) is 262 Å². The Morgan fingerprint density at radius 1 is 0.593 bits per heavy atom. The van der Waals surface area contributed by atoms with Crippen LogP contribution >= 0.6 is 0 Å². The number of ether oxygens (including phenoxy) is 1. The molecule has 30 heteroatoms. The van der Waals surface area contributed by atoms with Crippen molar-refractivity contribution >= 4 is 65.0 Å². The van der Waals surface area contributed by atoms with E-state index in [1.165, 1.54) is 69.5 Å². The number of alkyl halides is 6. The summed E-state index contributed by atoms with van der Waals surface area (Å²) < 4.78 is 93.8. The van der Waals surface area contributed by atoms with Crippen LogP contribution in [0.3, 0.4) is 0 Å². The van der Waals surface area contributed by atoms with Crippen LogP contribution in [0.25, 0.3) is 0 Å². The van der Waals surface area contributed by atoms with E-state index in [1.54, 1.807) is 39.9 Å². The molecule has 8 aliphatic rings. The van der Waals surface area contributed by atoms with Gasteiger partial charge in [-0.3, -0.25) is 52.7 Å². The van der Waals surface area contributed by atoms with E-state index in [9.17, 15) is 31.9 Å². The van der Waals surface area contributed by atoms with Crippen LogP contribution in [0.4, 0.5) is 26.3 Å². The average molecular weight is 1540 g/mol. The molecule has 108 heavy (non-hydrogen) atoms. The lowest BCUT2D eigenvalue weighted by Crippen LogP contribution is -2.68. The SMILES string of the molecule is C=C([C@@H]1CC(=O)N(C)[C@@H](CC2CCCCC2)C(=O)N[C@@H]([C@@H](C)CC)C(=O)N(C)CC(=O)N(C)[C@H]2CCCCCN(C2=O)[C@@H](CC2CCC(F)CC2)C(=O)N(C)CC(=O)N[C@@H](CCC2CC(F)C(C(F)(F)F)C(F)C2)C(=O)N2C[C@H](OCC)C[C@H]2C(=O)NC2(CCC2)C(=O)N(C)[C@@H](C2CCCC2)C(=O)N1C)N(C)C. The first kappa shape index (κ1) is 86.8. The van der Waals surface area contributed by atoms with Crippen molar-refractivity contribution in [1.29, 1.82) is 0 Å². The fourth-order valence-corrected chi connectivity index (χ4v) is 18.3. The van der Waals surface area contributed by atoms with Gasteiger partial charge in [-0.2, -0.15) is 13.2 Å². The molecule has 3 saturated heterocycles. The first-order valence-corrected chi connectivity index (χ1v) is 40.1. The summed E-state index contributed by atoms with van der Waals surface area (Å²) in [6.45, 7) is 8.39. The zero-order valence-corrected chi connectivity index (χ0v) is 65.8. The fourth-order valence-electron chi connectivity index (χ4n) is 18.3. The highest BCUT2D eigenvalue weighted by Crippen LogP contribution is 2.45. The molecule has 3 heterocycles. The Morgan fingerprint density at radius 2 is 1.19 bits per heavy atom. The lowest BCUT2D eigenvalue weighted by molar-refractivity contribution is -0.219. The van der Waals surface area contributed by atoms with Gasteiger partial charge in [0.2, 0.25) is 65.0 Å². The number of hydrogen-bond donors (Lipinski definition) is 3. The normalized spacial score (nSPS) is 32.6. The zero-order chi connectivity index (χ0) is 79.4. The van der Waals surface area contributed by atoms with Gasteiger partial charge in [-0.1, -0.05) is 84.6 Å². The van der Waals surface area contributed by atoms with Crippen molar-refractivity contribution in [2.45, 2.75) is 292 Å². The highest BCUT2D eigenvalue weighted by molar-refractivity contribution is 6.00. The molecular weight excluding hydrogens is 1410 g/mol. The van der Waals surface area contributed by atoms with E-state index in [0.717, 1.165) is 49.8 Å². The predicted octanol–water partition coefficient (Wildman–Crippen LogP) is 7.65. The van der Waals surface area contributed by atoms with Crippen molar-refractivity contribution in [3.05, 3.63) is 12.3 Å². The molecule has 5 saturated carbocycles. The Morgan fingerprint density at radius 3 is 1.78 bits per heavy atom. The number of carbonyl (C=O) groups is 11. The maximum Gasteiger partial charge on any atom is 0.397 e. The van der Waals surface area contributed by atoms with Crippen LogP contribution in [0, 0.1) is 35.5 Å². The maximum atomic E-state index is 15.7. The van der Waals surface area contributed by atoms with Crippen molar-refractivity contribution in [1.82, 2.24) is 60.0 Å². The molecule has 12 atom stereocenters. The van der Waals surface area contributed by atoms with E-state index in [-0.39, 0.29) is 102 Å². The summed E-state index contributed by atoms with van der Waals surface area (Å²) in [6, 6.07) is -9.90. The molecule has 5 aliphatic carbocycles. The first-order valence-electron chi connectivity index (χ1n) is 40.1. The molecule has 3 N–H and O–H groups in total. The Balaban J connectivity index is 1.20. The highest BCUT2D eigenvalue weighted by Gasteiger charge is 2.56. The van der Waals surface area contributed by atoms with Gasteiger partial charge < -0.3 is 64.8 Å². The Kier molecular flexibility index (Phi) is 30.9. The largest absolute Gasteiger partial charge is 0.397 e. The smallest absolute Gasteiger partial charge is 0.380 e. The summed E-state index contributed by atoms with van der Waals surface area (Å²) in [5.74, 6) is -12.3. The number of hydrogen-bond acceptors (Lipinski definition) is 13. The van der Waals surface area contributed by atoms with Gasteiger partial charge in [0.25, 0.3) is 0 Å². The maximum absolute atomic E-state index is 15.7. The number of carbonyl (C=O) groups excluding carboxylic acids is 11. The number of halogens is 6. The van der Waals surface area contributed by atoms with Crippen LogP contribution < -0.4 is 16.0 Å². The zero-order valence-electron chi connectivity index (χ0n) is 65.8. The van der Waals surface area contributed by atoms with E-state index >= 15 is 47.1 Å². The predicted molar refractivity (Wildman–Crippen MR) is 392 cm³/mol. The van der Waals surface area contributed by atoms with Crippen LogP contribution in [0.5, 0.6) is 0 Å². The standard InChI is InChI=1S/C78H124F6N12O12/c1-13-47(3)67-74(105)90(8)46-65(99)91(9)58-28-19-16-22-37-95(73(58)104)62(41-50-29-32-53(79)33-30-50)72(103)89(7)45-63(97)85-57(34-31-51-38-55(80)66(56(81)39-51)78(82,83)84)71(102)96-44-54(108-14-2)42-61(96)70(101)87-77(35-23-36-77)76(107)94(12)68(52-26-20-21-27-52)75(106)93(11)59(48(4)88(5)6)43-64(98)92(10)60(69(100)86-67)40-49-24-17-15-18-25-49/h47,49-62,66-68H,4,13-46H2,1-3,5-12H3,(H,85,97)(H,86,100)(H,87,101)/t47-,50?,51?,53?,54+,55?,56?,57-,58-,59-,60-,61-,62-,66?,67-,68-/m0/s1. The van der Waals surface area contributed by atoms with Gasteiger partial charge >= 0.3 is 6.18 Å². The summed E-state index contributed by atoms with van der Waals surface area (Å²) >= 11 is 0. The fraction of sp³-hybridized carbons (Fsp3) is 0.833. The van der Waals surface area contributed by atoms with Crippen molar-refractivity contribution in [2.75, 3.05) is 89.2 Å². The lowest BCUT2D eigenvalue weighted by Gasteiger charge is -2.47. The van der Waals surface area contributed by atoms with Gasteiger partial charge in [0.1, 0.15) is 72.3 Å². The third kappa shape index (κ3) is 21.1. The lowest BCUT2D eigenvalue weighted by atomic mass is 9.74. The molecule has 0 aromatic rings. The molecule has 24 nitrogen and oxygen atoms in total. The van der Waals surface area contributed by atoms with Gasteiger partial charge in [-0.15, -0.1) is 0 Å². The third-order valence-electron chi connectivity index (χ3n) is 25.5. The Labute approximate surface area is 634 Å². The van der Waals surface area contributed by atoms with Crippen LogP contribution in [0.15, 0.2) is 12.3 Å². The Bertz CT molecular complexity index is 3150. The number of amides is 11. The van der Waals surface area contributed by atoms with Crippen LogP contribution in [0.2, 0.25) is 0 Å². The summed E-state index contributed by atoms with van der Waals surface area (Å²) in [5.41, 5.74) is -1.24. The second-order valence-electron chi connectivity index (χ2n) is 33.1. The first-order chi connectivity index (χ1) is 51.0. The number of nitrogens with zero attached hydrogens (tertiary/aromatic N) is 9. The number of rotatable bonds is 14. The monoisotopic (exact) mass is 1530 g/mol. The summed E-state index contributed by atoms with van der Waals surface area (Å²) in [6.07, 6.45) is -3.41. The molecule has 8 fully saturated rings. The van der Waals surface area contributed by atoms with Crippen LogP contribution in [-0.4, -0.2) is 283 Å². The molecule has 11 amide bonds. The highest BCUT2D eigenvalue weighted by atomic mass is 19.4. The molecule has 0 radical (unpaired) electrons. The minimum absolute atomic E-state index is 0.0389. The Hall–Kier alpha value is -6.75. The number of likely N-dealkylation sites (N-methyl/N-ethyl adjacent to an activating group) is 7. The van der Waals surface area contributed by atoms with Crippen molar-refractivity contribution in [3.63, 3.8) is 0 Å². The summed E-state index contributed by atoms with van der Waals surface area (Å²) in [4.78, 5) is 180. The van der Waals surface area contributed by atoms with E-state index in [1.807, 2.05) is 6.92 Å². The number of nitrogens with one attached hydrogen (secondary N) is 3. The molecule has 2 bridgehead atoms. The molecule has 3 aliphatic heterocycles. The van der Waals surface area contributed by atoms with Crippen molar-refractivity contribution < 1.29 is 83.8 Å².